The van der Waals surface area contributed by atoms with E-state index >= 15 is 0 Å². The highest BCUT2D eigenvalue weighted by Gasteiger charge is 2.34. The number of methoxy groups -OCH3 is 1. The summed E-state index contributed by atoms with van der Waals surface area (Å²) < 4.78 is 45.1. The van der Waals surface area contributed by atoms with Gasteiger partial charge in [-0.05, 0) is 31.0 Å². The molecule has 0 aliphatic heterocycles. The van der Waals surface area contributed by atoms with Crippen LogP contribution >= 0.6 is 0 Å². The van der Waals surface area contributed by atoms with Crippen molar-refractivity contribution in [2.45, 2.75) is 44.3 Å². The Hall–Kier alpha value is -3.29. The molecule has 168 valence electrons. The van der Waals surface area contributed by atoms with E-state index in [0.29, 0.717) is 23.5 Å². The van der Waals surface area contributed by atoms with Gasteiger partial charge >= 0.3 is 6.18 Å². The van der Waals surface area contributed by atoms with E-state index in [2.05, 4.69) is 20.6 Å². The largest absolute Gasteiger partial charge is 0.496 e. The zero-order valence-electron chi connectivity index (χ0n) is 17.7. The average Bonchev–Trinajstić information content (AvgIpc) is 2.79. The van der Waals surface area contributed by atoms with Gasteiger partial charge in [0.2, 0.25) is 5.95 Å². The molecule has 1 aliphatic carbocycles. The topological polar surface area (TPSA) is 59.1 Å². The Bertz CT molecular complexity index is 1050. The highest BCUT2D eigenvalue weighted by atomic mass is 19.4. The minimum absolute atomic E-state index is 0.227. The number of nitrogens with zero attached hydrogens (tertiary/aromatic N) is 2. The molecule has 4 rings (SSSR count). The van der Waals surface area contributed by atoms with Crippen molar-refractivity contribution >= 4 is 17.5 Å². The lowest BCUT2D eigenvalue weighted by atomic mass is 9.96. The number of rotatable bonds is 6. The van der Waals surface area contributed by atoms with Crippen LogP contribution in [0.4, 0.5) is 30.6 Å². The molecule has 5 nitrogen and oxygen atoms in total. The summed E-state index contributed by atoms with van der Waals surface area (Å²) in [6.07, 6.45) is 1.12. The molecule has 1 aliphatic rings. The molecule has 8 heteroatoms. The summed E-state index contributed by atoms with van der Waals surface area (Å²) >= 11 is 0. The second-order valence-electron chi connectivity index (χ2n) is 7.85. The predicted octanol–water partition coefficient (Wildman–Crippen LogP) is 6.66. The molecule has 1 heterocycles. The Balaban J connectivity index is 1.67. The molecule has 3 aromatic rings. The Morgan fingerprint density at radius 2 is 1.69 bits per heavy atom. The molecule has 1 aromatic heterocycles. The first-order valence-corrected chi connectivity index (χ1v) is 10.7. The number of ether oxygens (including phenoxy) is 1. The van der Waals surface area contributed by atoms with Gasteiger partial charge in [-0.3, -0.25) is 0 Å². The van der Waals surface area contributed by atoms with Crippen LogP contribution in [-0.2, 0) is 6.18 Å². The van der Waals surface area contributed by atoms with Crippen LogP contribution in [0.5, 0.6) is 5.75 Å². The van der Waals surface area contributed by atoms with Gasteiger partial charge in [0, 0.05) is 23.4 Å². The van der Waals surface area contributed by atoms with Crippen LogP contribution in [0, 0.1) is 0 Å². The van der Waals surface area contributed by atoms with E-state index in [1.54, 1.807) is 6.07 Å². The molecule has 32 heavy (non-hydrogen) atoms. The molecule has 0 amide bonds. The van der Waals surface area contributed by atoms with Crippen LogP contribution in [0.25, 0.3) is 11.3 Å². The molecule has 0 unspecified atom stereocenters. The first-order valence-electron chi connectivity index (χ1n) is 10.7. The Labute approximate surface area is 185 Å². The minimum Gasteiger partial charge on any atom is -0.496 e. The fourth-order valence-electron chi connectivity index (χ4n) is 3.92. The summed E-state index contributed by atoms with van der Waals surface area (Å²) in [5.74, 6) is 0.649. The normalized spacial score (nSPS) is 14.8. The summed E-state index contributed by atoms with van der Waals surface area (Å²) in [5.41, 5.74) is 1.00. The minimum atomic E-state index is -4.53. The Kier molecular flexibility index (Phi) is 6.48. The molecule has 1 fully saturated rings. The van der Waals surface area contributed by atoms with Crippen molar-refractivity contribution in [2.24, 2.45) is 0 Å². The maximum Gasteiger partial charge on any atom is 0.420 e. The lowest BCUT2D eigenvalue weighted by molar-refractivity contribution is -0.138. The van der Waals surface area contributed by atoms with Crippen LogP contribution < -0.4 is 15.4 Å². The number of hydrogen-bond acceptors (Lipinski definition) is 5. The van der Waals surface area contributed by atoms with E-state index < -0.39 is 11.7 Å². The van der Waals surface area contributed by atoms with Crippen molar-refractivity contribution in [1.82, 2.24) is 9.97 Å². The third-order valence-corrected chi connectivity index (χ3v) is 5.51. The predicted molar refractivity (Wildman–Crippen MR) is 119 cm³/mol. The van der Waals surface area contributed by atoms with Gasteiger partial charge in [0.25, 0.3) is 0 Å². The zero-order valence-corrected chi connectivity index (χ0v) is 17.7. The van der Waals surface area contributed by atoms with Crippen molar-refractivity contribution in [1.29, 1.82) is 0 Å². The molecule has 0 atom stereocenters. The maximum absolute atomic E-state index is 13.4. The number of alkyl halides is 3. The van der Waals surface area contributed by atoms with Gasteiger partial charge in [0.05, 0.1) is 18.4 Å². The van der Waals surface area contributed by atoms with E-state index in [0.717, 1.165) is 37.3 Å². The third kappa shape index (κ3) is 5.30. The second kappa shape index (κ2) is 9.46. The van der Waals surface area contributed by atoms with E-state index in [1.807, 2.05) is 30.3 Å². The highest BCUT2D eigenvalue weighted by molar-refractivity contribution is 5.68. The summed E-state index contributed by atoms with van der Waals surface area (Å²) in [6.45, 7) is 0. The lowest BCUT2D eigenvalue weighted by Crippen LogP contribution is -2.23. The van der Waals surface area contributed by atoms with Crippen LogP contribution in [-0.4, -0.2) is 23.1 Å². The van der Waals surface area contributed by atoms with Gasteiger partial charge in [0.1, 0.15) is 11.6 Å². The van der Waals surface area contributed by atoms with Gasteiger partial charge in [-0.2, -0.15) is 18.2 Å². The van der Waals surface area contributed by atoms with Crippen LogP contribution in [0.2, 0.25) is 0 Å². The average molecular weight is 442 g/mol. The van der Waals surface area contributed by atoms with Crippen LogP contribution in [0.3, 0.4) is 0 Å². The number of halogens is 3. The zero-order chi connectivity index (χ0) is 22.6. The third-order valence-electron chi connectivity index (χ3n) is 5.51. The van der Waals surface area contributed by atoms with Gasteiger partial charge in [-0.25, -0.2) is 4.98 Å². The second-order valence-corrected chi connectivity index (χ2v) is 7.85. The van der Waals surface area contributed by atoms with Gasteiger partial charge in [-0.15, -0.1) is 0 Å². The molecule has 0 bridgehead atoms. The van der Waals surface area contributed by atoms with Crippen LogP contribution in [0.1, 0.15) is 37.7 Å². The fourth-order valence-corrected chi connectivity index (χ4v) is 3.92. The monoisotopic (exact) mass is 442 g/mol. The molecule has 2 N–H and O–H groups in total. The lowest BCUT2D eigenvalue weighted by Gasteiger charge is -2.23. The van der Waals surface area contributed by atoms with E-state index in [1.165, 1.54) is 25.7 Å². The van der Waals surface area contributed by atoms with Gasteiger partial charge < -0.3 is 15.4 Å². The smallest absolute Gasteiger partial charge is 0.420 e. The fraction of sp³-hybridized carbons (Fsp3) is 0.333. The van der Waals surface area contributed by atoms with Crippen molar-refractivity contribution in [3.05, 3.63) is 60.2 Å². The summed E-state index contributed by atoms with van der Waals surface area (Å²) in [6, 6.07) is 15.5. The quantitative estimate of drug-likeness (QED) is 0.447. The van der Waals surface area contributed by atoms with Crippen molar-refractivity contribution in [3.63, 3.8) is 0 Å². The SMILES string of the molecule is COc1ccc(Nc2cc(-c3ccccc3)nc(NC3CCCCC3)n2)cc1C(F)(F)F. The van der Waals surface area contributed by atoms with Gasteiger partial charge in [0.15, 0.2) is 0 Å². The molecule has 1 saturated carbocycles. The molecule has 0 spiro atoms. The molecule has 0 radical (unpaired) electrons. The van der Waals surface area contributed by atoms with Crippen LogP contribution in [0.15, 0.2) is 54.6 Å². The molecular formula is C24H25F3N4O. The maximum atomic E-state index is 13.4. The number of nitrogens with one attached hydrogen (secondary N) is 2. The van der Waals surface area contributed by atoms with E-state index in [9.17, 15) is 13.2 Å². The number of hydrogen-bond donors (Lipinski definition) is 2. The molecule has 2 aromatic carbocycles. The first-order chi connectivity index (χ1) is 15.4. The summed E-state index contributed by atoms with van der Waals surface area (Å²) in [7, 11) is 1.22. The number of aromatic nitrogens is 2. The molecule has 0 saturated heterocycles. The molecular weight excluding hydrogens is 417 g/mol. The number of benzene rings is 2. The number of anilines is 3. The van der Waals surface area contributed by atoms with E-state index in [4.69, 9.17) is 4.74 Å². The summed E-state index contributed by atoms with van der Waals surface area (Å²) in [5, 5.41) is 6.42. The Morgan fingerprint density at radius 3 is 2.38 bits per heavy atom. The Morgan fingerprint density at radius 1 is 0.938 bits per heavy atom. The highest BCUT2D eigenvalue weighted by Crippen LogP contribution is 2.38. The van der Waals surface area contributed by atoms with Crippen molar-refractivity contribution in [2.75, 3.05) is 17.7 Å². The van der Waals surface area contributed by atoms with Crippen molar-refractivity contribution in [3.8, 4) is 17.0 Å². The van der Waals surface area contributed by atoms with Crippen molar-refractivity contribution < 1.29 is 17.9 Å². The first kappa shape index (κ1) is 21.9. The van der Waals surface area contributed by atoms with Gasteiger partial charge in [-0.1, -0.05) is 49.6 Å². The standard InChI is InChI=1S/C24H25F3N4O/c1-32-21-13-12-18(14-19(21)24(25,26)27)28-22-15-20(16-8-4-2-5-9-16)30-23(31-22)29-17-10-6-3-7-11-17/h2,4-5,8-9,12-15,17H,3,6-7,10-11H2,1H3,(H2,28,29,30,31). The van der Waals surface area contributed by atoms with E-state index in [-0.39, 0.29) is 11.4 Å². The summed E-state index contributed by atoms with van der Waals surface area (Å²) in [4.78, 5) is 9.20.